The zero-order chi connectivity index (χ0) is 19.2. The summed E-state index contributed by atoms with van der Waals surface area (Å²) in [7, 11) is 0. The molecular weight excluding hydrogens is 350 g/mol. The molecule has 0 heterocycles. The number of nitrogens with one attached hydrogen (secondary N) is 2. The molecule has 2 amide bonds. The first kappa shape index (κ1) is 18.3. The Balaban J connectivity index is 1.64. The lowest BCUT2D eigenvalue weighted by atomic mass is 10.1. The molecule has 0 aliphatic carbocycles. The van der Waals surface area contributed by atoms with E-state index in [1.165, 1.54) is 30.3 Å². The minimum absolute atomic E-state index is 0.178. The molecule has 0 aliphatic heterocycles. The minimum atomic E-state index is -0.861. The highest BCUT2D eigenvalue weighted by atomic mass is 19.1. The van der Waals surface area contributed by atoms with Crippen molar-refractivity contribution in [2.24, 2.45) is 0 Å². The van der Waals surface area contributed by atoms with E-state index in [-0.39, 0.29) is 11.5 Å². The van der Waals surface area contributed by atoms with Crippen LogP contribution in [0.4, 0.5) is 14.5 Å². The number of anilines is 1. The number of rotatable bonds is 5. The second kappa shape index (κ2) is 8.23. The van der Waals surface area contributed by atoms with Crippen molar-refractivity contribution < 1.29 is 18.4 Å². The molecule has 0 aromatic heterocycles. The van der Waals surface area contributed by atoms with E-state index in [4.69, 9.17) is 0 Å². The van der Waals surface area contributed by atoms with Gasteiger partial charge in [-0.25, -0.2) is 8.78 Å². The van der Waals surface area contributed by atoms with E-state index in [0.717, 1.165) is 17.7 Å². The lowest BCUT2D eigenvalue weighted by molar-refractivity contribution is 0.0949. The Bertz CT molecular complexity index is 937. The number of halogens is 2. The fraction of sp³-hybridized carbons (Fsp3) is 0.0476. The molecule has 6 heteroatoms. The lowest BCUT2D eigenvalue weighted by Gasteiger charge is -2.09. The van der Waals surface area contributed by atoms with Crippen LogP contribution in [0.2, 0.25) is 0 Å². The number of hydrogen-bond donors (Lipinski definition) is 2. The maximum Gasteiger partial charge on any atom is 0.255 e. The molecule has 27 heavy (non-hydrogen) atoms. The third-order valence-corrected chi connectivity index (χ3v) is 3.91. The molecule has 0 unspecified atom stereocenters. The predicted molar refractivity (Wildman–Crippen MR) is 98.4 cm³/mol. The molecule has 0 aliphatic rings. The molecule has 0 radical (unpaired) electrons. The first-order valence-electron chi connectivity index (χ1n) is 8.22. The second-order valence-electron chi connectivity index (χ2n) is 5.80. The van der Waals surface area contributed by atoms with Gasteiger partial charge in [0.15, 0.2) is 0 Å². The van der Waals surface area contributed by atoms with Crippen molar-refractivity contribution in [2.75, 3.05) is 5.32 Å². The van der Waals surface area contributed by atoms with Gasteiger partial charge >= 0.3 is 0 Å². The monoisotopic (exact) mass is 366 g/mol. The molecule has 2 N–H and O–H groups in total. The number of benzene rings is 3. The summed E-state index contributed by atoms with van der Waals surface area (Å²) in [6.45, 7) is 0.383. The lowest BCUT2D eigenvalue weighted by Crippen LogP contribution is -2.23. The van der Waals surface area contributed by atoms with Gasteiger partial charge in [0.1, 0.15) is 17.3 Å². The quantitative estimate of drug-likeness (QED) is 0.713. The van der Waals surface area contributed by atoms with Crippen LogP contribution < -0.4 is 10.6 Å². The van der Waals surface area contributed by atoms with Crippen LogP contribution in [0.3, 0.4) is 0 Å². The molecule has 0 fully saturated rings. The van der Waals surface area contributed by atoms with Gasteiger partial charge < -0.3 is 10.6 Å². The first-order chi connectivity index (χ1) is 13.0. The molecule has 4 nitrogen and oxygen atoms in total. The summed E-state index contributed by atoms with van der Waals surface area (Å²) < 4.78 is 27.2. The van der Waals surface area contributed by atoms with Gasteiger partial charge in [0.05, 0.1) is 0 Å². The number of amides is 2. The van der Waals surface area contributed by atoms with Crippen LogP contribution in [0.15, 0.2) is 72.8 Å². The van der Waals surface area contributed by atoms with Crippen molar-refractivity contribution in [3.05, 3.63) is 101 Å². The number of para-hydroxylation sites is 1. The average molecular weight is 366 g/mol. The molecule has 3 rings (SSSR count). The van der Waals surface area contributed by atoms with Crippen LogP contribution in [0.1, 0.15) is 26.3 Å². The first-order valence-corrected chi connectivity index (χ1v) is 8.22. The molecule has 0 spiro atoms. The van der Waals surface area contributed by atoms with Crippen LogP contribution in [-0.2, 0) is 6.54 Å². The summed E-state index contributed by atoms with van der Waals surface area (Å²) in [6, 6.07) is 18.6. The van der Waals surface area contributed by atoms with E-state index < -0.39 is 23.2 Å². The predicted octanol–water partition coefficient (Wildman–Crippen LogP) is 4.15. The molecule has 3 aromatic carbocycles. The Morgan fingerprint density at radius 3 is 1.85 bits per heavy atom. The van der Waals surface area contributed by atoms with Gasteiger partial charge in [0.25, 0.3) is 11.8 Å². The maximum absolute atomic E-state index is 13.6. The third kappa shape index (κ3) is 4.55. The summed E-state index contributed by atoms with van der Waals surface area (Å²) >= 11 is 0. The van der Waals surface area contributed by atoms with Crippen LogP contribution >= 0.6 is 0 Å². The largest absolute Gasteiger partial charge is 0.348 e. The minimum Gasteiger partial charge on any atom is -0.348 e. The summed E-state index contributed by atoms with van der Waals surface area (Å²) in [5.41, 5.74) is 1.01. The van der Waals surface area contributed by atoms with Gasteiger partial charge in [-0.3, -0.25) is 9.59 Å². The molecule has 136 valence electrons. The van der Waals surface area contributed by atoms with E-state index in [1.807, 2.05) is 30.3 Å². The Kier molecular flexibility index (Phi) is 5.56. The maximum atomic E-state index is 13.6. The van der Waals surface area contributed by atoms with Crippen LogP contribution in [0.5, 0.6) is 0 Å². The van der Waals surface area contributed by atoms with Crippen molar-refractivity contribution in [1.29, 1.82) is 0 Å². The van der Waals surface area contributed by atoms with Crippen LogP contribution in [0, 0.1) is 11.6 Å². The standard InChI is InChI=1S/C21H16F2N2O2/c22-17-7-4-8-18(23)19(17)25-21(27)16-11-9-15(10-12-16)20(26)24-13-14-5-2-1-3-6-14/h1-12H,13H2,(H,24,26)(H,25,27). The molecular formula is C21H16F2N2O2. The third-order valence-electron chi connectivity index (χ3n) is 3.91. The molecule has 0 saturated heterocycles. The molecule has 0 atom stereocenters. The van der Waals surface area contributed by atoms with Crippen molar-refractivity contribution >= 4 is 17.5 Å². The molecule has 0 bridgehead atoms. The summed E-state index contributed by atoms with van der Waals surface area (Å²) in [5.74, 6) is -2.68. The van der Waals surface area contributed by atoms with E-state index in [2.05, 4.69) is 10.6 Å². The second-order valence-corrected chi connectivity index (χ2v) is 5.80. The van der Waals surface area contributed by atoms with Gasteiger partial charge in [-0.1, -0.05) is 36.4 Å². The smallest absolute Gasteiger partial charge is 0.255 e. The summed E-state index contributed by atoms with van der Waals surface area (Å²) in [6.07, 6.45) is 0. The van der Waals surface area contributed by atoms with Crippen LogP contribution in [0.25, 0.3) is 0 Å². The van der Waals surface area contributed by atoms with E-state index in [9.17, 15) is 18.4 Å². The zero-order valence-electron chi connectivity index (χ0n) is 14.2. The Morgan fingerprint density at radius 1 is 0.704 bits per heavy atom. The fourth-order valence-corrected chi connectivity index (χ4v) is 2.46. The Morgan fingerprint density at radius 2 is 1.26 bits per heavy atom. The Labute approximate surface area is 154 Å². The molecule has 3 aromatic rings. The van der Waals surface area contributed by atoms with E-state index in [1.54, 1.807) is 0 Å². The average Bonchev–Trinajstić information content (AvgIpc) is 2.70. The number of carbonyl (C=O) groups excluding carboxylic acids is 2. The highest BCUT2D eigenvalue weighted by molar-refractivity contribution is 6.05. The van der Waals surface area contributed by atoms with Gasteiger partial charge in [0, 0.05) is 17.7 Å². The van der Waals surface area contributed by atoms with Crippen molar-refractivity contribution in [3.63, 3.8) is 0 Å². The normalized spacial score (nSPS) is 10.3. The SMILES string of the molecule is O=C(NCc1ccccc1)c1ccc(C(=O)Nc2c(F)cccc2F)cc1. The summed E-state index contributed by atoms with van der Waals surface area (Å²) in [4.78, 5) is 24.3. The fourth-order valence-electron chi connectivity index (χ4n) is 2.46. The van der Waals surface area contributed by atoms with Crippen LogP contribution in [-0.4, -0.2) is 11.8 Å². The van der Waals surface area contributed by atoms with Crippen molar-refractivity contribution in [1.82, 2.24) is 5.32 Å². The zero-order valence-corrected chi connectivity index (χ0v) is 14.2. The van der Waals surface area contributed by atoms with Gasteiger partial charge in [0.2, 0.25) is 0 Å². The summed E-state index contributed by atoms with van der Waals surface area (Å²) in [5, 5.41) is 4.98. The highest BCUT2D eigenvalue weighted by Gasteiger charge is 2.14. The van der Waals surface area contributed by atoms with Crippen molar-refractivity contribution in [3.8, 4) is 0 Å². The van der Waals surface area contributed by atoms with Gasteiger partial charge in [-0.15, -0.1) is 0 Å². The topological polar surface area (TPSA) is 58.2 Å². The highest BCUT2D eigenvalue weighted by Crippen LogP contribution is 2.19. The van der Waals surface area contributed by atoms with Gasteiger partial charge in [-0.2, -0.15) is 0 Å². The number of carbonyl (C=O) groups is 2. The Hall–Kier alpha value is -3.54. The van der Waals surface area contributed by atoms with E-state index >= 15 is 0 Å². The van der Waals surface area contributed by atoms with Gasteiger partial charge in [-0.05, 0) is 42.0 Å². The number of hydrogen-bond acceptors (Lipinski definition) is 2. The van der Waals surface area contributed by atoms with E-state index in [0.29, 0.717) is 12.1 Å². The van der Waals surface area contributed by atoms with Crippen molar-refractivity contribution in [2.45, 2.75) is 6.54 Å². The molecule has 0 saturated carbocycles.